The van der Waals surface area contributed by atoms with Crippen LogP contribution in [-0.2, 0) is 9.13 Å². The number of hydrogen-bond donors (Lipinski definition) is 5. The molecule has 0 heterocycles. The minimum absolute atomic E-state index is 0.309. The van der Waals surface area contributed by atoms with E-state index < -0.39 is 26.7 Å². The molecule has 1 aliphatic carbocycles. The van der Waals surface area contributed by atoms with Crippen molar-refractivity contribution in [3.63, 3.8) is 0 Å². The summed E-state index contributed by atoms with van der Waals surface area (Å²) >= 11 is 0. The molecule has 0 amide bonds. The molecule has 0 aromatic carbocycles. The fourth-order valence-electron chi connectivity index (χ4n) is 2.66. The molecule has 0 aromatic rings. The third kappa shape index (κ3) is 3.90. The van der Waals surface area contributed by atoms with Crippen LogP contribution < -0.4 is 0 Å². The van der Waals surface area contributed by atoms with E-state index in [0.717, 1.165) is 12.8 Å². The molecule has 8 nitrogen and oxygen atoms in total. The zero-order chi connectivity index (χ0) is 15.8. The average Bonchev–Trinajstić information content (AvgIpc) is 2.26. The second kappa shape index (κ2) is 6.15. The maximum absolute atomic E-state index is 11.3. The topological polar surface area (TPSA) is 139 Å². The smallest absolute Gasteiger partial charge is 0.368 e. The second-order valence-electron chi connectivity index (χ2n) is 5.70. The summed E-state index contributed by atoms with van der Waals surface area (Å²) in [7, 11) is -6.78. The van der Waals surface area contributed by atoms with Crippen LogP contribution in [0.2, 0.25) is 0 Å². The Morgan fingerprint density at radius 3 is 1.70 bits per heavy atom. The van der Waals surface area contributed by atoms with Crippen molar-refractivity contribution in [3.8, 4) is 0 Å². The fraction of sp³-hybridized carbons (Fsp3) is 1.00. The fourth-order valence-corrected chi connectivity index (χ4v) is 5.01. The zero-order valence-electron chi connectivity index (χ0n) is 11.6. The number of aliphatic hydroxyl groups is 1. The summed E-state index contributed by atoms with van der Waals surface area (Å²) in [6.07, 6.45) is 2.12. The van der Waals surface area contributed by atoms with Gasteiger partial charge in [-0.3, -0.25) is 9.13 Å². The van der Waals surface area contributed by atoms with Gasteiger partial charge in [0.2, 0.25) is 0 Å². The van der Waals surface area contributed by atoms with E-state index in [0.29, 0.717) is 18.9 Å². The van der Waals surface area contributed by atoms with Crippen LogP contribution in [0.5, 0.6) is 0 Å². The lowest BCUT2D eigenvalue weighted by atomic mass is 9.84. The molecule has 20 heavy (non-hydrogen) atoms. The summed E-state index contributed by atoms with van der Waals surface area (Å²) in [6.45, 7) is 0. The first kappa shape index (κ1) is 18.3. The first-order chi connectivity index (χ1) is 8.88. The highest BCUT2D eigenvalue weighted by Gasteiger charge is 2.59. The molecule has 1 aliphatic rings. The van der Waals surface area contributed by atoms with Crippen LogP contribution in [0.1, 0.15) is 32.1 Å². The van der Waals surface area contributed by atoms with Crippen LogP contribution in [0.15, 0.2) is 0 Å². The molecular weight excluding hydrogens is 308 g/mol. The summed E-state index contributed by atoms with van der Waals surface area (Å²) in [5.41, 5.74) is 0. The van der Waals surface area contributed by atoms with Gasteiger partial charge in [-0.2, -0.15) is 0 Å². The highest BCUT2D eigenvalue weighted by atomic mass is 31.2. The van der Waals surface area contributed by atoms with Crippen LogP contribution in [0, 0.1) is 5.92 Å². The van der Waals surface area contributed by atoms with Gasteiger partial charge in [-0.15, -0.1) is 0 Å². The highest BCUT2D eigenvalue weighted by molar-refractivity contribution is 7.72. The van der Waals surface area contributed by atoms with Crippen LogP contribution in [0.25, 0.3) is 0 Å². The van der Waals surface area contributed by atoms with E-state index in [1.807, 2.05) is 19.0 Å². The molecule has 0 aromatic heterocycles. The Morgan fingerprint density at radius 1 is 1.00 bits per heavy atom. The lowest BCUT2D eigenvalue weighted by Crippen LogP contribution is -2.36. The third-order valence-electron chi connectivity index (χ3n) is 4.04. The summed E-state index contributed by atoms with van der Waals surface area (Å²) in [5, 5.41) is 6.61. The van der Waals surface area contributed by atoms with E-state index >= 15 is 0 Å². The van der Waals surface area contributed by atoms with Crippen LogP contribution in [0.3, 0.4) is 0 Å². The van der Waals surface area contributed by atoms with Gasteiger partial charge in [0.05, 0.1) is 0 Å². The Morgan fingerprint density at radius 2 is 1.40 bits per heavy atom. The van der Waals surface area contributed by atoms with E-state index in [1.54, 1.807) is 0 Å². The minimum atomic E-state index is -5.33. The van der Waals surface area contributed by atoms with E-state index in [1.165, 1.54) is 0 Å². The average molecular weight is 331 g/mol. The lowest BCUT2D eigenvalue weighted by molar-refractivity contribution is 0.0893. The van der Waals surface area contributed by atoms with E-state index in [9.17, 15) is 14.2 Å². The molecule has 0 saturated heterocycles. The van der Waals surface area contributed by atoms with Crippen molar-refractivity contribution in [2.75, 3.05) is 14.1 Å². The monoisotopic (exact) mass is 331 g/mol. The Labute approximate surface area is 118 Å². The first-order valence-corrected chi connectivity index (χ1v) is 9.61. The third-order valence-corrected chi connectivity index (χ3v) is 7.84. The summed E-state index contributed by atoms with van der Waals surface area (Å²) in [5.74, 6) is -0.309. The second-order valence-corrected chi connectivity index (χ2v) is 9.71. The molecule has 0 atom stereocenters. The zero-order valence-corrected chi connectivity index (χ0v) is 13.4. The van der Waals surface area contributed by atoms with Crippen LogP contribution >= 0.6 is 15.2 Å². The first-order valence-electron chi connectivity index (χ1n) is 6.38. The minimum Gasteiger partial charge on any atom is -0.368 e. The predicted molar refractivity (Wildman–Crippen MR) is 73.1 cm³/mol. The summed E-state index contributed by atoms with van der Waals surface area (Å²) in [6, 6.07) is 0.351. The van der Waals surface area contributed by atoms with Gasteiger partial charge in [0.15, 0.2) is 0 Å². The summed E-state index contributed by atoms with van der Waals surface area (Å²) < 4.78 is 22.6. The largest absolute Gasteiger partial charge is 0.369 e. The van der Waals surface area contributed by atoms with Crippen LogP contribution in [-0.4, -0.2) is 54.8 Å². The van der Waals surface area contributed by atoms with E-state index in [-0.39, 0.29) is 5.92 Å². The summed E-state index contributed by atoms with van der Waals surface area (Å²) in [4.78, 5) is 38.5. The van der Waals surface area contributed by atoms with Gasteiger partial charge in [-0.05, 0) is 45.7 Å². The van der Waals surface area contributed by atoms with Gasteiger partial charge in [-0.25, -0.2) is 0 Å². The van der Waals surface area contributed by atoms with Gasteiger partial charge < -0.3 is 29.6 Å². The van der Waals surface area contributed by atoms with Crippen molar-refractivity contribution >= 4 is 15.2 Å². The molecule has 10 heteroatoms. The molecule has 120 valence electrons. The number of rotatable bonds is 5. The van der Waals surface area contributed by atoms with Crippen molar-refractivity contribution in [2.45, 2.75) is 43.2 Å². The molecule has 0 radical (unpaired) electrons. The van der Waals surface area contributed by atoms with Gasteiger partial charge in [0.25, 0.3) is 5.08 Å². The molecule has 1 saturated carbocycles. The standard InChI is InChI=1S/C10H23NO7P2/c1-11(2)9-5-3-8(4-6-9)7-10(12,19(13,14)15)20(16,17)18/h8-9,12H,3-7H2,1-2H3,(H2,13,14,15)(H2,16,17,18). The van der Waals surface area contributed by atoms with Crippen LogP contribution in [0.4, 0.5) is 0 Å². The Balaban J connectivity index is 2.80. The van der Waals surface area contributed by atoms with Crippen molar-refractivity contribution in [1.82, 2.24) is 4.90 Å². The van der Waals surface area contributed by atoms with Crippen molar-refractivity contribution in [3.05, 3.63) is 0 Å². The highest BCUT2D eigenvalue weighted by Crippen LogP contribution is 2.70. The predicted octanol–water partition coefficient (Wildman–Crippen LogP) is 0.498. The van der Waals surface area contributed by atoms with Gasteiger partial charge in [-0.1, -0.05) is 0 Å². The molecule has 5 N–H and O–H groups in total. The Hall–Kier alpha value is 0.220. The molecule has 0 spiro atoms. The quantitative estimate of drug-likeness (QED) is 0.459. The van der Waals surface area contributed by atoms with Crippen molar-refractivity contribution in [2.24, 2.45) is 5.92 Å². The molecule has 0 aliphatic heterocycles. The molecule has 0 unspecified atom stereocenters. The Kier molecular flexibility index (Phi) is 5.61. The molecule has 1 fully saturated rings. The van der Waals surface area contributed by atoms with E-state index in [4.69, 9.17) is 19.6 Å². The van der Waals surface area contributed by atoms with Crippen molar-refractivity contribution in [1.29, 1.82) is 0 Å². The normalized spacial score (nSPS) is 26.0. The van der Waals surface area contributed by atoms with Crippen molar-refractivity contribution < 1.29 is 33.8 Å². The lowest BCUT2D eigenvalue weighted by Gasteiger charge is -2.37. The maximum Gasteiger partial charge on any atom is 0.369 e. The molecular formula is C10H23NO7P2. The van der Waals surface area contributed by atoms with Gasteiger partial charge in [0, 0.05) is 12.5 Å². The molecule has 0 bridgehead atoms. The maximum atomic E-state index is 11.3. The van der Waals surface area contributed by atoms with E-state index in [2.05, 4.69) is 0 Å². The molecule has 1 rings (SSSR count). The number of nitrogens with zero attached hydrogens (tertiary/aromatic N) is 1. The number of hydrogen-bond acceptors (Lipinski definition) is 4. The van der Waals surface area contributed by atoms with Gasteiger partial charge >= 0.3 is 15.2 Å². The van der Waals surface area contributed by atoms with Gasteiger partial charge in [0.1, 0.15) is 0 Å². The SMILES string of the molecule is CN(C)C1CCC(CC(O)(P(=O)(O)O)P(=O)(O)O)CC1. The Bertz CT molecular complexity index is 399.